The Hall–Kier alpha value is -1.73. The monoisotopic (exact) mass is 239 g/mol. The van der Waals surface area contributed by atoms with Crippen LogP contribution in [-0.2, 0) is 6.54 Å². The van der Waals surface area contributed by atoms with Crippen LogP contribution in [-0.4, -0.2) is 9.97 Å². The fraction of sp³-hybridized carbons (Fsp3) is 0.111. The highest BCUT2D eigenvalue weighted by molar-refractivity contribution is 7.07. The van der Waals surface area contributed by atoms with Crippen molar-refractivity contribution in [3.63, 3.8) is 0 Å². The van der Waals surface area contributed by atoms with Crippen molar-refractivity contribution in [1.82, 2.24) is 9.97 Å². The first kappa shape index (κ1) is 10.8. The molecule has 0 aliphatic heterocycles. The van der Waals surface area contributed by atoms with Crippen molar-refractivity contribution < 1.29 is 4.39 Å². The molecule has 2 aromatic rings. The van der Waals surface area contributed by atoms with Gasteiger partial charge in [0.15, 0.2) is 11.6 Å². The molecule has 0 saturated heterocycles. The number of hydrogen-bond acceptors (Lipinski definition) is 6. The molecule has 7 heteroatoms. The van der Waals surface area contributed by atoms with Gasteiger partial charge in [0.1, 0.15) is 0 Å². The molecule has 0 spiro atoms. The summed E-state index contributed by atoms with van der Waals surface area (Å²) in [7, 11) is 0. The Labute approximate surface area is 95.5 Å². The first-order chi connectivity index (χ1) is 7.79. The Morgan fingerprint density at radius 2 is 2.38 bits per heavy atom. The maximum absolute atomic E-state index is 13.3. The van der Waals surface area contributed by atoms with E-state index in [4.69, 9.17) is 5.84 Å². The molecule has 16 heavy (non-hydrogen) atoms. The molecule has 4 N–H and O–H groups in total. The maximum atomic E-state index is 13.3. The predicted octanol–water partition coefficient (Wildman–Crippen LogP) is 1.57. The third kappa shape index (κ3) is 2.44. The van der Waals surface area contributed by atoms with Gasteiger partial charge in [0.05, 0.1) is 6.20 Å². The summed E-state index contributed by atoms with van der Waals surface area (Å²) in [6, 6.07) is 1.96. The lowest BCUT2D eigenvalue weighted by Crippen LogP contribution is -2.12. The van der Waals surface area contributed by atoms with Crippen molar-refractivity contribution in [3.8, 4) is 0 Å². The van der Waals surface area contributed by atoms with Crippen LogP contribution in [0.3, 0.4) is 0 Å². The first-order valence-electron chi connectivity index (χ1n) is 4.53. The summed E-state index contributed by atoms with van der Waals surface area (Å²) in [5, 5.41) is 6.81. The van der Waals surface area contributed by atoms with Gasteiger partial charge in [-0.1, -0.05) is 0 Å². The fourth-order valence-electron chi connectivity index (χ4n) is 1.14. The number of nitrogens with two attached hydrogens (primary N) is 1. The number of hydrogen-bond donors (Lipinski definition) is 3. The van der Waals surface area contributed by atoms with Gasteiger partial charge in [-0.2, -0.15) is 16.3 Å². The van der Waals surface area contributed by atoms with Gasteiger partial charge in [0.25, 0.3) is 0 Å². The number of aromatic nitrogens is 2. The second-order valence-electron chi connectivity index (χ2n) is 3.02. The molecule has 0 fully saturated rings. The smallest absolute Gasteiger partial charge is 0.239 e. The number of nitrogens with zero attached hydrogens (tertiary/aromatic N) is 2. The predicted molar refractivity (Wildman–Crippen MR) is 61.4 cm³/mol. The van der Waals surface area contributed by atoms with Crippen LogP contribution < -0.4 is 16.6 Å². The largest absolute Gasteiger partial charge is 0.363 e. The van der Waals surface area contributed by atoms with Crippen molar-refractivity contribution in [3.05, 3.63) is 34.4 Å². The normalized spacial score (nSPS) is 10.1. The minimum atomic E-state index is -0.505. The number of hydrazine groups is 1. The van der Waals surface area contributed by atoms with Crippen LogP contribution in [0, 0.1) is 5.82 Å². The van der Waals surface area contributed by atoms with Crippen molar-refractivity contribution in [1.29, 1.82) is 0 Å². The molecule has 0 radical (unpaired) electrons. The summed E-state index contributed by atoms with van der Waals surface area (Å²) in [4.78, 5) is 7.50. The molecular formula is C9H10FN5S. The molecule has 0 amide bonds. The molecule has 0 aromatic carbocycles. The zero-order valence-corrected chi connectivity index (χ0v) is 9.09. The SMILES string of the molecule is NNc1ncc(F)c(NCc2ccsc2)n1. The molecular weight excluding hydrogens is 229 g/mol. The van der Waals surface area contributed by atoms with Crippen molar-refractivity contribution >= 4 is 23.1 Å². The molecule has 84 valence electrons. The number of anilines is 2. The minimum Gasteiger partial charge on any atom is -0.363 e. The van der Waals surface area contributed by atoms with Crippen molar-refractivity contribution in [2.45, 2.75) is 6.54 Å². The van der Waals surface area contributed by atoms with E-state index in [-0.39, 0.29) is 11.8 Å². The van der Waals surface area contributed by atoms with E-state index in [2.05, 4.69) is 20.7 Å². The minimum absolute atomic E-state index is 0.133. The van der Waals surface area contributed by atoms with Gasteiger partial charge in [-0.25, -0.2) is 15.2 Å². The number of nitrogens with one attached hydrogen (secondary N) is 2. The molecule has 0 saturated carbocycles. The van der Waals surface area contributed by atoms with Gasteiger partial charge in [-0.05, 0) is 22.4 Å². The van der Waals surface area contributed by atoms with Gasteiger partial charge < -0.3 is 5.32 Å². The standard InChI is InChI=1S/C9H10FN5S/c10-7-4-13-9(15-11)14-8(7)12-3-6-1-2-16-5-6/h1-2,4-5H,3,11H2,(H2,12,13,14,15). The van der Waals surface area contributed by atoms with Gasteiger partial charge >= 0.3 is 0 Å². The summed E-state index contributed by atoms with van der Waals surface area (Å²) in [6.45, 7) is 0.515. The van der Waals surface area contributed by atoms with E-state index in [9.17, 15) is 4.39 Å². The number of thiophene rings is 1. The molecule has 0 bridgehead atoms. The molecule has 2 rings (SSSR count). The van der Waals surface area contributed by atoms with E-state index < -0.39 is 5.82 Å². The van der Waals surface area contributed by atoms with Gasteiger partial charge in [0, 0.05) is 6.54 Å². The quantitative estimate of drug-likeness (QED) is 0.558. The van der Waals surface area contributed by atoms with E-state index in [1.165, 1.54) is 0 Å². The highest BCUT2D eigenvalue weighted by Gasteiger charge is 2.05. The van der Waals surface area contributed by atoms with E-state index in [1.807, 2.05) is 16.8 Å². The number of nitrogen functional groups attached to an aromatic ring is 1. The van der Waals surface area contributed by atoms with Gasteiger partial charge in [-0.15, -0.1) is 0 Å². The van der Waals surface area contributed by atoms with E-state index in [1.54, 1.807) is 11.3 Å². The van der Waals surface area contributed by atoms with Gasteiger partial charge in [-0.3, -0.25) is 5.43 Å². The lowest BCUT2D eigenvalue weighted by atomic mass is 10.3. The zero-order chi connectivity index (χ0) is 11.4. The topological polar surface area (TPSA) is 75.9 Å². The van der Waals surface area contributed by atoms with E-state index in [0.29, 0.717) is 6.54 Å². The third-order valence-electron chi connectivity index (χ3n) is 1.91. The van der Waals surface area contributed by atoms with Crippen LogP contribution in [0.1, 0.15) is 5.56 Å². The summed E-state index contributed by atoms with van der Waals surface area (Å²) >= 11 is 1.59. The first-order valence-corrected chi connectivity index (χ1v) is 5.48. The Morgan fingerprint density at radius 1 is 1.50 bits per heavy atom. The molecule has 0 unspecified atom stereocenters. The number of halogens is 1. The molecule has 5 nitrogen and oxygen atoms in total. The molecule has 0 aliphatic carbocycles. The summed E-state index contributed by atoms with van der Waals surface area (Å²) in [5.74, 6) is 4.94. The van der Waals surface area contributed by atoms with Crippen LogP contribution in [0.15, 0.2) is 23.0 Å². The molecule has 2 aromatic heterocycles. The summed E-state index contributed by atoms with van der Waals surface area (Å²) in [5.41, 5.74) is 3.34. The lowest BCUT2D eigenvalue weighted by Gasteiger charge is -2.06. The van der Waals surface area contributed by atoms with Crippen molar-refractivity contribution in [2.24, 2.45) is 5.84 Å². The average molecular weight is 239 g/mol. The highest BCUT2D eigenvalue weighted by Crippen LogP contribution is 2.13. The molecule has 2 heterocycles. The molecule has 0 aliphatic rings. The second kappa shape index (κ2) is 4.86. The highest BCUT2D eigenvalue weighted by atomic mass is 32.1. The Kier molecular flexibility index (Phi) is 3.28. The van der Waals surface area contributed by atoms with Crippen LogP contribution in [0.25, 0.3) is 0 Å². The van der Waals surface area contributed by atoms with Crippen LogP contribution in [0.4, 0.5) is 16.2 Å². The Balaban J connectivity index is 2.08. The number of rotatable bonds is 4. The summed E-state index contributed by atoms with van der Waals surface area (Å²) < 4.78 is 13.3. The molecule has 0 atom stereocenters. The van der Waals surface area contributed by atoms with E-state index >= 15 is 0 Å². The van der Waals surface area contributed by atoms with Crippen LogP contribution in [0.2, 0.25) is 0 Å². The maximum Gasteiger partial charge on any atom is 0.239 e. The van der Waals surface area contributed by atoms with Crippen molar-refractivity contribution in [2.75, 3.05) is 10.7 Å². The third-order valence-corrected chi connectivity index (χ3v) is 2.65. The summed E-state index contributed by atoms with van der Waals surface area (Å²) in [6.07, 6.45) is 1.07. The Morgan fingerprint density at radius 3 is 3.06 bits per heavy atom. The van der Waals surface area contributed by atoms with Crippen LogP contribution in [0.5, 0.6) is 0 Å². The second-order valence-corrected chi connectivity index (χ2v) is 3.80. The average Bonchev–Trinajstić information content (AvgIpc) is 2.81. The van der Waals surface area contributed by atoms with Crippen LogP contribution >= 0.6 is 11.3 Å². The fourth-order valence-corrected chi connectivity index (χ4v) is 1.81. The Bertz CT molecular complexity index is 459. The lowest BCUT2D eigenvalue weighted by molar-refractivity contribution is 0.617. The zero-order valence-electron chi connectivity index (χ0n) is 8.27. The van der Waals surface area contributed by atoms with Gasteiger partial charge in [0.2, 0.25) is 5.95 Å². The van der Waals surface area contributed by atoms with E-state index in [0.717, 1.165) is 11.8 Å².